The van der Waals surface area contributed by atoms with Gasteiger partial charge in [-0.3, -0.25) is 9.59 Å². The van der Waals surface area contributed by atoms with Crippen molar-refractivity contribution in [3.05, 3.63) is 88.0 Å². The average Bonchev–Trinajstić information content (AvgIpc) is 3.51. The zero-order chi connectivity index (χ0) is 32.1. The van der Waals surface area contributed by atoms with Crippen LogP contribution in [0.2, 0.25) is 5.02 Å². The molecule has 10 atom stereocenters. The number of hydrogen-bond donors (Lipinski definition) is 3. The molecule has 0 spiro atoms. The second-order valence-corrected chi connectivity index (χ2v) is 14.2. The highest BCUT2D eigenvalue weighted by Gasteiger charge is 2.80. The summed E-state index contributed by atoms with van der Waals surface area (Å²) in [4.78, 5) is 25.8. The van der Waals surface area contributed by atoms with E-state index in [4.69, 9.17) is 26.8 Å². The Kier molecular flexibility index (Phi) is 7.01. The summed E-state index contributed by atoms with van der Waals surface area (Å²) in [6.45, 7) is 2.47. The van der Waals surface area contributed by atoms with E-state index in [0.29, 0.717) is 22.7 Å². The summed E-state index contributed by atoms with van der Waals surface area (Å²) >= 11 is 6.05. The first-order chi connectivity index (χ1) is 21.3. The number of ether oxygens (including phenoxy) is 2. The van der Waals surface area contributed by atoms with Gasteiger partial charge >= 0.3 is 0 Å². The monoisotopic (exact) mass is 639 g/mol. The highest BCUT2D eigenvalue weighted by Crippen LogP contribution is 2.72. The van der Waals surface area contributed by atoms with Crippen LogP contribution >= 0.6 is 11.6 Å². The SMILES string of the molecule is C[C@]12C=CC(=O)C=C1[C@@H](F)C[C@H]1[C@@H]3C[C@H]4O[C@H](c5ccc(Cc6ccc(Cl)c(N)c6)cc5)O[C@@]4(C(=O)CO)[C@@]3(C)C[C@H](O)[C@@]12F. The van der Waals surface area contributed by atoms with Gasteiger partial charge in [-0.25, -0.2) is 8.78 Å². The zero-order valence-electron chi connectivity index (χ0n) is 25.0. The molecule has 4 aliphatic carbocycles. The van der Waals surface area contributed by atoms with Gasteiger partial charge in [0, 0.05) is 22.3 Å². The van der Waals surface area contributed by atoms with Gasteiger partial charge in [0.15, 0.2) is 29.1 Å². The van der Waals surface area contributed by atoms with Crippen LogP contribution in [0.1, 0.15) is 56.1 Å². The summed E-state index contributed by atoms with van der Waals surface area (Å²) < 4.78 is 46.3. The number of allylic oxidation sites excluding steroid dienone is 4. The van der Waals surface area contributed by atoms with Crippen molar-refractivity contribution in [2.45, 2.75) is 75.5 Å². The maximum atomic E-state index is 17.6. The lowest BCUT2D eigenvalue weighted by Crippen LogP contribution is -2.70. The number of Topliss-reactive ketones (excluding diaryl/α,β-unsaturated/α-hetero) is 1. The molecule has 0 amide bonds. The summed E-state index contributed by atoms with van der Waals surface area (Å²) in [7, 11) is 0. The van der Waals surface area contributed by atoms with E-state index in [9.17, 15) is 19.8 Å². The molecule has 2 aromatic carbocycles. The van der Waals surface area contributed by atoms with E-state index < -0.39 is 76.8 Å². The predicted molar refractivity (Wildman–Crippen MR) is 163 cm³/mol. The summed E-state index contributed by atoms with van der Waals surface area (Å²) in [5.41, 5.74) is 2.44. The standard InChI is InChI=1S/C35H36ClF2NO6/c1-32-10-9-21(41)13-24(32)26(37)14-23-22-15-30-35(29(43)17-40,33(22,2)16-28(42)34(23,32)38)45-31(44-30)20-6-3-18(4-7-20)11-19-5-8-25(36)27(39)12-19/h3-10,12-13,22-23,26,28,30-31,40,42H,11,14-17,39H2,1-2H3/t22-,23-,26-,28-,30+,31-,32-,33-,34-,35+/m0/s1. The van der Waals surface area contributed by atoms with Gasteiger partial charge in [0.2, 0.25) is 0 Å². The minimum Gasteiger partial charge on any atom is -0.398 e. The second-order valence-electron chi connectivity index (χ2n) is 13.8. The fraction of sp³-hybridized carbons (Fsp3) is 0.486. The number of nitrogen functional groups attached to an aromatic ring is 1. The molecular formula is C35H36ClF2NO6. The highest BCUT2D eigenvalue weighted by molar-refractivity contribution is 6.33. The fourth-order valence-electron chi connectivity index (χ4n) is 9.45. The molecule has 7 rings (SSSR count). The van der Waals surface area contributed by atoms with Crippen molar-refractivity contribution in [1.29, 1.82) is 0 Å². The number of hydrogen-bond acceptors (Lipinski definition) is 7. The van der Waals surface area contributed by atoms with Crippen molar-refractivity contribution in [2.75, 3.05) is 12.3 Å². The van der Waals surface area contributed by atoms with E-state index in [0.717, 1.165) is 17.2 Å². The topological polar surface area (TPSA) is 119 Å². The number of halogens is 3. The van der Waals surface area contributed by atoms with Gasteiger partial charge in [0.1, 0.15) is 12.8 Å². The molecule has 10 heteroatoms. The molecule has 0 unspecified atom stereocenters. The Morgan fingerprint density at radius 2 is 1.82 bits per heavy atom. The third-order valence-electron chi connectivity index (χ3n) is 11.6. The number of rotatable bonds is 5. The fourth-order valence-corrected chi connectivity index (χ4v) is 9.56. The number of alkyl halides is 2. The van der Waals surface area contributed by atoms with Crippen molar-refractivity contribution in [3.63, 3.8) is 0 Å². The van der Waals surface area contributed by atoms with E-state index in [2.05, 4.69) is 0 Å². The molecule has 0 bridgehead atoms. The highest BCUT2D eigenvalue weighted by atomic mass is 35.5. The Morgan fingerprint density at radius 3 is 2.51 bits per heavy atom. The van der Waals surface area contributed by atoms with Crippen molar-refractivity contribution in [3.8, 4) is 0 Å². The molecule has 5 aliphatic rings. The Bertz CT molecular complexity index is 1650. The molecule has 1 saturated heterocycles. The van der Waals surface area contributed by atoms with Gasteiger partial charge in [0.25, 0.3) is 0 Å². The van der Waals surface area contributed by atoms with Crippen LogP contribution in [-0.2, 0) is 25.5 Å². The summed E-state index contributed by atoms with van der Waals surface area (Å²) in [6.07, 6.45) is -0.873. The minimum atomic E-state index is -2.30. The van der Waals surface area contributed by atoms with Crippen LogP contribution in [0, 0.1) is 22.7 Å². The van der Waals surface area contributed by atoms with Crippen LogP contribution in [0.15, 0.2) is 66.3 Å². The predicted octanol–water partition coefficient (Wildman–Crippen LogP) is 5.16. The third-order valence-corrected chi connectivity index (χ3v) is 12.0. The van der Waals surface area contributed by atoms with E-state index in [1.54, 1.807) is 13.0 Å². The van der Waals surface area contributed by atoms with Gasteiger partial charge < -0.3 is 25.4 Å². The van der Waals surface area contributed by atoms with Crippen LogP contribution < -0.4 is 5.73 Å². The molecule has 0 aromatic heterocycles. The van der Waals surface area contributed by atoms with Crippen molar-refractivity contribution >= 4 is 28.9 Å². The Morgan fingerprint density at radius 1 is 1.11 bits per heavy atom. The molecule has 1 aliphatic heterocycles. The van der Waals surface area contributed by atoms with Gasteiger partial charge in [0.05, 0.1) is 22.9 Å². The van der Waals surface area contributed by atoms with Gasteiger partial charge in [-0.15, -0.1) is 0 Å². The number of aliphatic hydroxyl groups is 2. The number of anilines is 1. The molecule has 3 saturated carbocycles. The van der Waals surface area contributed by atoms with Crippen LogP contribution in [0.25, 0.3) is 0 Å². The van der Waals surface area contributed by atoms with Crippen molar-refractivity contribution in [2.24, 2.45) is 22.7 Å². The van der Waals surface area contributed by atoms with Crippen LogP contribution in [0.3, 0.4) is 0 Å². The first-order valence-corrected chi connectivity index (χ1v) is 15.7. The molecule has 0 radical (unpaired) electrons. The molecule has 238 valence electrons. The Labute approximate surface area is 265 Å². The lowest BCUT2D eigenvalue weighted by molar-refractivity contribution is -0.235. The number of fused-ring (bicyclic) bond motifs is 7. The Balaban J connectivity index is 1.20. The van der Waals surface area contributed by atoms with E-state index in [1.165, 1.54) is 19.1 Å². The Hall–Kier alpha value is -2.95. The normalized spacial score (nSPS) is 41.6. The number of carbonyl (C=O) groups is 2. The maximum absolute atomic E-state index is 17.6. The van der Waals surface area contributed by atoms with Crippen molar-refractivity contribution < 1.29 is 38.1 Å². The van der Waals surface area contributed by atoms with Crippen molar-refractivity contribution in [1.82, 2.24) is 0 Å². The molecule has 4 fully saturated rings. The summed E-state index contributed by atoms with van der Waals surface area (Å²) in [6, 6.07) is 13.0. The van der Waals surface area contributed by atoms with Crippen LogP contribution in [-0.4, -0.2) is 58.0 Å². The smallest absolute Gasteiger partial charge is 0.193 e. The first-order valence-electron chi connectivity index (χ1n) is 15.3. The molecule has 1 heterocycles. The number of nitrogens with two attached hydrogens (primary N) is 1. The number of aliphatic hydroxyl groups excluding tert-OH is 2. The third kappa shape index (κ3) is 4.07. The van der Waals surface area contributed by atoms with Gasteiger partial charge in [-0.2, -0.15) is 0 Å². The molecule has 4 N–H and O–H groups in total. The van der Waals surface area contributed by atoms with Crippen LogP contribution in [0.5, 0.6) is 0 Å². The lowest BCUT2D eigenvalue weighted by Gasteiger charge is -2.63. The quantitative estimate of drug-likeness (QED) is 0.387. The van der Waals surface area contributed by atoms with E-state index in [1.807, 2.05) is 36.4 Å². The van der Waals surface area contributed by atoms with Crippen LogP contribution in [0.4, 0.5) is 14.5 Å². The molecule has 45 heavy (non-hydrogen) atoms. The number of carbonyl (C=O) groups excluding carboxylic acids is 2. The number of ketones is 2. The molecule has 2 aromatic rings. The first kappa shape index (κ1) is 30.7. The zero-order valence-corrected chi connectivity index (χ0v) is 25.8. The second kappa shape index (κ2) is 10.3. The lowest BCUT2D eigenvalue weighted by atomic mass is 9.44. The van der Waals surface area contributed by atoms with Gasteiger partial charge in [-0.05, 0) is 79.5 Å². The summed E-state index contributed by atoms with van der Waals surface area (Å²) in [5.74, 6) is -2.63. The van der Waals surface area contributed by atoms with E-state index >= 15 is 8.78 Å². The minimum absolute atomic E-state index is 0.0336. The molecular weight excluding hydrogens is 604 g/mol. The molecule has 7 nitrogen and oxygen atoms in total. The maximum Gasteiger partial charge on any atom is 0.193 e. The summed E-state index contributed by atoms with van der Waals surface area (Å²) in [5, 5.41) is 22.3. The average molecular weight is 640 g/mol. The van der Waals surface area contributed by atoms with E-state index in [-0.39, 0.29) is 24.8 Å². The largest absolute Gasteiger partial charge is 0.398 e. The van der Waals surface area contributed by atoms with Gasteiger partial charge in [-0.1, -0.05) is 54.9 Å². The number of benzene rings is 2.